The minimum Gasteiger partial charge on any atom is -0.486 e. The molecule has 3 aromatic rings. The Bertz CT molecular complexity index is 1080. The summed E-state index contributed by atoms with van der Waals surface area (Å²) in [5.41, 5.74) is 8.45. The van der Waals surface area contributed by atoms with Crippen LogP contribution < -0.4 is 20.3 Å². The predicted octanol–water partition coefficient (Wildman–Crippen LogP) is 3.73. The topological polar surface area (TPSA) is 77.4 Å². The number of nitrogens with zero attached hydrogens (tertiary/aromatic N) is 2. The van der Waals surface area contributed by atoms with Gasteiger partial charge >= 0.3 is 0 Å². The van der Waals surface area contributed by atoms with Crippen molar-refractivity contribution in [1.29, 1.82) is 0 Å². The van der Waals surface area contributed by atoms with Gasteiger partial charge in [0.05, 0.1) is 11.4 Å². The van der Waals surface area contributed by atoms with E-state index in [0.29, 0.717) is 52.5 Å². The number of allylic oxidation sites excluding steroid dienone is 1. The third-order valence-electron chi connectivity index (χ3n) is 4.24. The maximum absolute atomic E-state index is 12.7. The number of fused-ring (bicyclic) bond motifs is 1. The highest BCUT2D eigenvalue weighted by atomic mass is 35.5. The SMILES string of the molecule is C=C(C)NNC(=O)c1cc(-c2ccc3c(c2)OCCO3)nn1-c1ccc(Cl)cc1. The monoisotopic (exact) mass is 410 g/mol. The van der Waals surface area contributed by atoms with Gasteiger partial charge in [-0.1, -0.05) is 18.2 Å². The summed E-state index contributed by atoms with van der Waals surface area (Å²) in [4.78, 5) is 12.7. The molecule has 1 aliphatic heterocycles. The number of hydrogen-bond donors (Lipinski definition) is 2. The van der Waals surface area contributed by atoms with Crippen molar-refractivity contribution in [3.8, 4) is 28.4 Å². The molecule has 2 heterocycles. The van der Waals surface area contributed by atoms with Crippen molar-refractivity contribution in [2.45, 2.75) is 6.92 Å². The van der Waals surface area contributed by atoms with Crippen molar-refractivity contribution >= 4 is 17.5 Å². The average molecular weight is 411 g/mol. The van der Waals surface area contributed by atoms with Gasteiger partial charge < -0.3 is 14.9 Å². The molecule has 0 saturated heterocycles. The lowest BCUT2D eigenvalue weighted by atomic mass is 10.1. The molecule has 0 bridgehead atoms. The first kappa shape index (κ1) is 18.9. The van der Waals surface area contributed by atoms with Gasteiger partial charge in [-0.25, -0.2) is 4.68 Å². The predicted molar refractivity (Wildman–Crippen MR) is 110 cm³/mol. The summed E-state index contributed by atoms with van der Waals surface area (Å²) in [7, 11) is 0. The van der Waals surface area contributed by atoms with E-state index in [1.807, 2.05) is 18.2 Å². The molecule has 0 aliphatic carbocycles. The molecular formula is C21H19ClN4O3. The zero-order valence-corrected chi connectivity index (χ0v) is 16.5. The zero-order chi connectivity index (χ0) is 20.4. The average Bonchev–Trinajstić information content (AvgIpc) is 3.17. The van der Waals surface area contributed by atoms with Gasteiger partial charge in [-0.3, -0.25) is 10.2 Å². The third-order valence-corrected chi connectivity index (χ3v) is 4.49. The van der Waals surface area contributed by atoms with E-state index < -0.39 is 0 Å². The summed E-state index contributed by atoms with van der Waals surface area (Å²) in [5, 5.41) is 5.24. The van der Waals surface area contributed by atoms with Crippen LogP contribution >= 0.6 is 11.6 Å². The van der Waals surface area contributed by atoms with Crippen LogP contribution in [0, 0.1) is 0 Å². The minimum absolute atomic E-state index is 0.348. The Balaban J connectivity index is 1.75. The summed E-state index contributed by atoms with van der Waals surface area (Å²) in [6, 6.07) is 14.4. The van der Waals surface area contributed by atoms with Crippen LogP contribution in [0.1, 0.15) is 17.4 Å². The molecule has 4 rings (SSSR count). The maximum Gasteiger partial charge on any atom is 0.288 e. The van der Waals surface area contributed by atoms with Crippen molar-refractivity contribution in [3.63, 3.8) is 0 Å². The van der Waals surface area contributed by atoms with E-state index in [9.17, 15) is 4.79 Å². The number of nitrogens with one attached hydrogen (secondary N) is 2. The van der Waals surface area contributed by atoms with E-state index in [1.165, 1.54) is 0 Å². The smallest absolute Gasteiger partial charge is 0.288 e. The van der Waals surface area contributed by atoms with Gasteiger partial charge in [0.25, 0.3) is 5.91 Å². The number of benzene rings is 2. The normalized spacial score (nSPS) is 12.3. The number of carbonyl (C=O) groups excluding carboxylic acids is 1. The van der Waals surface area contributed by atoms with Crippen LogP contribution in [0.25, 0.3) is 16.9 Å². The Morgan fingerprint density at radius 3 is 2.52 bits per heavy atom. The van der Waals surface area contributed by atoms with Gasteiger partial charge in [0, 0.05) is 16.3 Å². The van der Waals surface area contributed by atoms with E-state index in [-0.39, 0.29) is 5.91 Å². The fraction of sp³-hybridized carbons (Fsp3) is 0.143. The molecule has 0 atom stereocenters. The number of amides is 1. The molecule has 1 aromatic heterocycles. The summed E-state index contributed by atoms with van der Waals surface area (Å²) in [5.74, 6) is 1.00. The van der Waals surface area contributed by atoms with Gasteiger partial charge in [0.15, 0.2) is 11.5 Å². The molecule has 2 aromatic carbocycles. The number of hydrazine groups is 1. The van der Waals surface area contributed by atoms with Gasteiger partial charge in [-0.15, -0.1) is 0 Å². The van der Waals surface area contributed by atoms with E-state index in [0.717, 1.165) is 5.56 Å². The lowest BCUT2D eigenvalue weighted by Crippen LogP contribution is -2.36. The summed E-state index contributed by atoms with van der Waals surface area (Å²) < 4.78 is 12.8. The Morgan fingerprint density at radius 2 is 1.79 bits per heavy atom. The molecule has 0 radical (unpaired) electrons. The highest BCUT2D eigenvalue weighted by Crippen LogP contribution is 2.34. The Morgan fingerprint density at radius 1 is 1.07 bits per heavy atom. The van der Waals surface area contributed by atoms with E-state index in [2.05, 4.69) is 22.5 Å². The van der Waals surface area contributed by atoms with Gasteiger partial charge in [-0.05, 0) is 55.5 Å². The van der Waals surface area contributed by atoms with Crippen LogP contribution in [0.15, 0.2) is 60.8 Å². The molecule has 7 nitrogen and oxygen atoms in total. The van der Waals surface area contributed by atoms with E-state index >= 15 is 0 Å². The zero-order valence-electron chi connectivity index (χ0n) is 15.7. The standard InChI is InChI=1S/C21H19ClN4O3/c1-13(2)23-24-21(27)18-12-17(25-26(18)16-6-4-15(22)5-7-16)14-3-8-19-20(11-14)29-10-9-28-19/h3-8,11-12,23H,1,9-10H2,2H3,(H,24,27). The van der Waals surface area contributed by atoms with Crippen LogP contribution in [0.5, 0.6) is 11.5 Å². The molecule has 2 N–H and O–H groups in total. The van der Waals surface area contributed by atoms with Crippen LogP contribution in [0.2, 0.25) is 5.02 Å². The molecule has 148 valence electrons. The molecule has 0 spiro atoms. The van der Waals surface area contributed by atoms with Crippen LogP contribution in [0.3, 0.4) is 0 Å². The Labute approximate surface area is 172 Å². The first-order valence-electron chi connectivity index (χ1n) is 8.99. The molecule has 0 unspecified atom stereocenters. The quantitative estimate of drug-likeness (QED) is 0.627. The number of halogens is 1. The van der Waals surface area contributed by atoms with Crippen LogP contribution in [-0.4, -0.2) is 28.9 Å². The van der Waals surface area contributed by atoms with Gasteiger partial charge in [0.1, 0.15) is 18.9 Å². The minimum atomic E-state index is -0.348. The Kier molecular flexibility index (Phi) is 5.14. The summed E-state index contributed by atoms with van der Waals surface area (Å²) >= 11 is 6.00. The van der Waals surface area contributed by atoms with E-state index in [4.69, 9.17) is 21.1 Å². The van der Waals surface area contributed by atoms with E-state index in [1.54, 1.807) is 41.9 Å². The van der Waals surface area contributed by atoms with Crippen molar-refractivity contribution in [1.82, 2.24) is 20.6 Å². The fourth-order valence-corrected chi connectivity index (χ4v) is 3.02. The maximum atomic E-state index is 12.7. The number of ether oxygens (including phenoxy) is 2. The van der Waals surface area contributed by atoms with Crippen molar-refractivity contribution in [2.24, 2.45) is 0 Å². The molecule has 29 heavy (non-hydrogen) atoms. The van der Waals surface area contributed by atoms with Crippen molar-refractivity contribution in [3.05, 3.63) is 71.5 Å². The number of hydrogen-bond acceptors (Lipinski definition) is 5. The van der Waals surface area contributed by atoms with Crippen LogP contribution in [0.4, 0.5) is 0 Å². The number of carbonyl (C=O) groups is 1. The molecule has 0 fully saturated rings. The molecule has 0 saturated carbocycles. The van der Waals surface area contributed by atoms with Crippen molar-refractivity contribution < 1.29 is 14.3 Å². The van der Waals surface area contributed by atoms with Crippen molar-refractivity contribution in [2.75, 3.05) is 13.2 Å². The fourth-order valence-electron chi connectivity index (χ4n) is 2.89. The molecule has 8 heteroatoms. The highest BCUT2D eigenvalue weighted by molar-refractivity contribution is 6.30. The highest BCUT2D eigenvalue weighted by Gasteiger charge is 2.19. The molecule has 1 amide bonds. The second-order valence-electron chi connectivity index (χ2n) is 6.52. The summed E-state index contributed by atoms with van der Waals surface area (Å²) in [6.07, 6.45) is 0. The largest absolute Gasteiger partial charge is 0.486 e. The van der Waals surface area contributed by atoms with Gasteiger partial charge in [-0.2, -0.15) is 5.10 Å². The second kappa shape index (κ2) is 7.89. The van der Waals surface area contributed by atoms with Crippen LogP contribution in [-0.2, 0) is 0 Å². The second-order valence-corrected chi connectivity index (χ2v) is 6.96. The molecular weight excluding hydrogens is 392 g/mol. The van der Waals surface area contributed by atoms with Gasteiger partial charge in [0.2, 0.25) is 0 Å². The lowest BCUT2D eigenvalue weighted by molar-refractivity contribution is 0.0931. The lowest BCUT2D eigenvalue weighted by Gasteiger charge is -2.18. The molecule has 1 aliphatic rings. The Hall–Kier alpha value is -3.45. The first-order chi connectivity index (χ1) is 14.0. The summed E-state index contributed by atoms with van der Waals surface area (Å²) in [6.45, 7) is 6.48. The number of rotatable bonds is 5. The number of aromatic nitrogens is 2. The first-order valence-corrected chi connectivity index (χ1v) is 9.37. The third kappa shape index (κ3) is 4.05.